The van der Waals surface area contributed by atoms with E-state index in [0.717, 1.165) is 22.5 Å². The number of pyridine rings is 1. The van der Waals surface area contributed by atoms with Crippen molar-refractivity contribution in [1.29, 1.82) is 0 Å². The predicted molar refractivity (Wildman–Crippen MR) is 122 cm³/mol. The van der Waals surface area contributed by atoms with E-state index >= 15 is 0 Å². The molecular formula is C24H25FN6O. The van der Waals surface area contributed by atoms with Crippen LogP contribution in [0, 0.1) is 26.6 Å². The SMILES string of the molecule is COc1nc(-c2cc(C)c(NC(C)c3ccc(F)c(C)c3)nn2)ccc1-n1cnc(C)c1. The third-order valence-electron chi connectivity index (χ3n) is 5.31. The molecule has 0 bridgehead atoms. The first-order valence-electron chi connectivity index (χ1n) is 10.3. The van der Waals surface area contributed by atoms with Crippen LogP contribution in [0.15, 0.2) is 48.9 Å². The van der Waals surface area contributed by atoms with Gasteiger partial charge in [-0.05, 0) is 68.7 Å². The molecule has 164 valence electrons. The van der Waals surface area contributed by atoms with Crippen LogP contribution < -0.4 is 10.1 Å². The number of hydrogen-bond acceptors (Lipinski definition) is 6. The third kappa shape index (κ3) is 4.30. The van der Waals surface area contributed by atoms with Gasteiger partial charge in [-0.25, -0.2) is 14.4 Å². The minimum absolute atomic E-state index is 0.0516. The molecule has 0 spiro atoms. The number of benzene rings is 1. The van der Waals surface area contributed by atoms with Crippen molar-refractivity contribution in [2.24, 2.45) is 0 Å². The van der Waals surface area contributed by atoms with Crippen molar-refractivity contribution >= 4 is 5.82 Å². The fraction of sp³-hybridized carbons (Fsp3) is 0.250. The quantitative estimate of drug-likeness (QED) is 0.463. The van der Waals surface area contributed by atoms with Crippen molar-refractivity contribution < 1.29 is 9.13 Å². The van der Waals surface area contributed by atoms with E-state index in [-0.39, 0.29) is 11.9 Å². The molecule has 3 heterocycles. The number of imidazole rings is 1. The van der Waals surface area contributed by atoms with Gasteiger partial charge < -0.3 is 14.6 Å². The fourth-order valence-electron chi connectivity index (χ4n) is 3.45. The van der Waals surface area contributed by atoms with Gasteiger partial charge in [0.1, 0.15) is 17.2 Å². The smallest absolute Gasteiger partial charge is 0.238 e. The molecule has 7 nitrogen and oxygen atoms in total. The largest absolute Gasteiger partial charge is 0.479 e. The van der Waals surface area contributed by atoms with Gasteiger partial charge in [0.2, 0.25) is 5.88 Å². The Bertz CT molecular complexity index is 1270. The number of rotatable bonds is 6. The molecule has 3 aromatic heterocycles. The Hall–Kier alpha value is -3.81. The molecule has 1 aromatic carbocycles. The second-order valence-corrected chi connectivity index (χ2v) is 7.78. The van der Waals surface area contributed by atoms with Gasteiger partial charge in [0.25, 0.3) is 0 Å². The summed E-state index contributed by atoms with van der Waals surface area (Å²) >= 11 is 0. The van der Waals surface area contributed by atoms with Crippen LogP contribution in [0.25, 0.3) is 17.1 Å². The minimum atomic E-state index is -0.210. The van der Waals surface area contributed by atoms with Gasteiger partial charge in [0, 0.05) is 6.20 Å². The molecular weight excluding hydrogens is 407 g/mol. The Morgan fingerprint density at radius 1 is 1.00 bits per heavy atom. The van der Waals surface area contributed by atoms with Crippen LogP contribution in [0.2, 0.25) is 0 Å². The highest BCUT2D eigenvalue weighted by molar-refractivity contribution is 5.61. The average Bonchev–Trinajstić information content (AvgIpc) is 3.22. The van der Waals surface area contributed by atoms with Gasteiger partial charge in [-0.3, -0.25) is 0 Å². The summed E-state index contributed by atoms with van der Waals surface area (Å²) in [6.45, 7) is 7.65. The topological polar surface area (TPSA) is 77.8 Å². The van der Waals surface area contributed by atoms with Gasteiger partial charge in [-0.2, -0.15) is 0 Å². The maximum absolute atomic E-state index is 13.6. The number of aryl methyl sites for hydroxylation is 3. The van der Waals surface area contributed by atoms with Crippen molar-refractivity contribution in [1.82, 2.24) is 24.7 Å². The highest BCUT2D eigenvalue weighted by Gasteiger charge is 2.14. The number of methoxy groups -OCH3 is 1. The molecule has 0 aliphatic carbocycles. The maximum Gasteiger partial charge on any atom is 0.238 e. The van der Waals surface area contributed by atoms with E-state index in [0.29, 0.717) is 28.6 Å². The Balaban J connectivity index is 1.58. The summed E-state index contributed by atoms with van der Waals surface area (Å²) in [5.41, 5.74) is 5.52. The Labute approximate surface area is 186 Å². The highest BCUT2D eigenvalue weighted by atomic mass is 19.1. The summed E-state index contributed by atoms with van der Waals surface area (Å²) in [7, 11) is 1.59. The summed E-state index contributed by atoms with van der Waals surface area (Å²) in [4.78, 5) is 8.87. The van der Waals surface area contributed by atoms with Gasteiger partial charge >= 0.3 is 0 Å². The van der Waals surface area contributed by atoms with E-state index in [1.807, 2.05) is 55.8 Å². The first-order valence-corrected chi connectivity index (χ1v) is 10.3. The standard InChI is InChI=1S/C24H25FN6O/c1-14-10-18(6-7-19(14)25)17(4)27-23-15(2)11-21(29-30-23)20-8-9-22(24(28-20)32-5)31-12-16(3)26-13-31/h6-13,17H,1-5H3,(H,27,30). The second-order valence-electron chi connectivity index (χ2n) is 7.78. The van der Waals surface area contributed by atoms with Crippen molar-refractivity contribution in [2.75, 3.05) is 12.4 Å². The summed E-state index contributed by atoms with van der Waals surface area (Å²) in [5.74, 6) is 0.931. The van der Waals surface area contributed by atoms with E-state index in [4.69, 9.17) is 4.74 Å². The number of anilines is 1. The molecule has 1 unspecified atom stereocenters. The minimum Gasteiger partial charge on any atom is -0.479 e. The monoisotopic (exact) mass is 432 g/mol. The predicted octanol–water partition coefficient (Wildman–Crippen LogP) is 4.97. The molecule has 0 saturated carbocycles. The van der Waals surface area contributed by atoms with Crippen LogP contribution in [-0.2, 0) is 0 Å². The zero-order chi connectivity index (χ0) is 22.8. The van der Waals surface area contributed by atoms with E-state index in [1.165, 1.54) is 6.07 Å². The molecule has 0 aliphatic heterocycles. The molecule has 1 atom stereocenters. The molecule has 0 fully saturated rings. The van der Waals surface area contributed by atoms with Crippen LogP contribution >= 0.6 is 0 Å². The van der Waals surface area contributed by atoms with E-state index < -0.39 is 0 Å². The normalized spacial score (nSPS) is 11.9. The molecule has 4 aromatic rings. The zero-order valence-corrected chi connectivity index (χ0v) is 18.7. The van der Waals surface area contributed by atoms with Crippen LogP contribution in [-0.4, -0.2) is 31.8 Å². The summed E-state index contributed by atoms with van der Waals surface area (Å²) in [6, 6.07) is 10.8. The zero-order valence-electron chi connectivity index (χ0n) is 18.7. The number of ether oxygens (including phenoxy) is 1. The van der Waals surface area contributed by atoms with Crippen LogP contribution in [0.5, 0.6) is 5.88 Å². The number of nitrogens with zero attached hydrogens (tertiary/aromatic N) is 5. The fourth-order valence-corrected chi connectivity index (χ4v) is 3.45. The molecule has 0 radical (unpaired) electrons. The van der Waals surface area contributed by atoms with Crippen LogP contribution in [0.3, 0.4) is 0 Å². The number of hydrogen-bond donors (Lipinski definition) is 1. The first kappa shape index (κ1) is 21.4. The molecule has 0 amide bonds. The lowest BCUT2D eigenvalue weighted by Gasteiger charge is -2.17. The molecule has 1 N–H and O–H groups in total. The van der Waals surface area contributed by atoms with Gasteiger partial charge in [0.05, 0.1) is 30.9 Å². The van der Waals surface area contributed by atoms with Crippen LogP contribution in [0.1, 0.15) is 35.3 Å². The number of nitrogens with one attached hydrogen (secondary N) is 1. The van der Waals surface area contributed by atoms with Crippen molar-refractivity contribution in [3.63, 3.8) is 0 Å². The van der Waals surface area contributed by atoms with E-state index in [9.17, 15) is 4.39 Å². The highest BCUT2D eigenvalue weighted by Crippen LogP contribution is 2.27. The van der Waals surface area contributed by atoms with Gasteiger partial charge in [0.15, 0.2) is 5.82 Å². The third-order valence-corrected chi connectivity index (χ3v) is 5.31. The summed E-state index contributed by atoms with van der Waals surface area (Å²) in [5, 5.41) is 12.1. The molecule has 4 rings (SSSR count). The summed E-state index contributed by atoms with van der Waals surface area (Å²) in [6.07, 6.45) is 3.64. The van der Waals surface area contributed by atoms with Crippen molar-refractivity contribution in [3.05, 3.63) is 77.1 Å². The molecule has 32 heavy (non-hydrogen) atoms. The van der Waals surface area contributed by atoms with Gasteiger partial charge in [-0.15, -0.1) is 10.2 Å². The Morgan fingerprint density at radius 3 is 2.47 bits per heavy atom. The lowest BCUT2D eigenvalue weighted by molar-refractivity contribution is 0.396. The average molecular weight is 433 g/mol. The lowest BCUT2D eigenvalue weighted by Crippen LogP contribution is -2.11. The van der Waals surface area contributed by atoms with Crippen molar-refractivity contribution in [2.45, 2.75) is 33.7 Å². The van der Waals surface area contributed by atoms with Crippen LogP contribution in [0.4, 0.5) is 10.2 Å². The Morgan fingerprint density at radius 2 is 1.81 bits per heavy atom. The molecule has 0 saturated heterocycles. The number of aromatic nitrogens is 5. The lowest BCUT2D eigenvalue weighted by atomic mass is 10.1. The maximum atomic E-state index is 13.6. The first-order chi connectivity index (χ1) is 15.4. The summed E-state index contributed by atoms with van der Waals surface area (Å²) < 4.78 is 20.9. The van der Waals surface area contributed by atoms with E-state index in [2.05, 4.69) is 25.5 Å². The van der Waals surface area contributed by atoms with Gasteiger partial charge in [-0.1, -0.05) is 12.1 Å². The molecule has 8 heteroatoms. The number of halogens is 1. The second kappa shape index (κ2) is 8.74. The van der Waals surface area contributed by atoms with E-state index in [1.54, 1.807) is 26.4 Å². The Kier molecular flexibility index (Phi) is 5.85. The molecule has 0 aliphatic rings. The van der Waals surface area contributed by atoms with Crippen molar-refractivity contribution in [3.8, 4) is 23.0 Å².